The van der Waals surface area contributed by atoms with E-state index in [1.54, 1.807) is 0 Å². The van der Waals surface area contributed by atoms with Crippen molar-refractivity contribution >= 4 is 53.1 Å². The number of fused-ring (bicyclic) bond motifs is 1. The van der Waals surface area contributed by atoms with Gasteiger partial charge in [-0.1, -0.05) is 7.15 Å². The number of carboxylic acids is 1. The van der Waals surface area contributed by atoms with E-state index in [0.717, 1.165) is 0 Å². The van der Waals surface area contributed by atoms with Crippen LogP contribution in [0.25, 0.3) is 0 Å². The van der Waals surface area contributed by atoms with Crippen LogP contribution in [0.15, 0.2) is 0 Å². The largest absolute Gasteiger partial charge is 0.475 e. The summed E-state index contributed by atoms with van der Waals surface area (Å²) in [6.07, 6.45) is 0.0141. The Kier molecular flexibility index (Phi) is 4.07. The summed E-state index contributed by atoms with van der Waals surface area (Å²) in [4.78, 5) is 44.1. The zero-order chi connectivity index (χ0) is 15.1. The lowest BCUT2D eigenvalue weighted by molar-refractivity contribution is -0.152. The maximum absolute atomic E-state index is 11.4. The van der Waals surface area contributed by atoms with E-state index in [4.69, 9.17) is 27.5 Å². The van der Waals surface area contributed by atoms with E-state index >= 15 is 0 Å². The number of carbonyl (C=O) groups excluding carboxylic acids is 3. The summed E-state index contributed by atoms with van der Waals surface area (Å²) in [6.45, 7) is 0. The third-order valence-corrected chi connectivity index (χ3v) is 8.00. The first-order valence-corrected chi connectivity index (χ1v) is 9.53. The van der Waals surface area contributed by atoms with Crippen LogP contribution in [-0.2, 0) is 43.9 Å². The molecule has 2 rings (SSSR count). The zero-order valence-corrected chi connectivity index (χ0v) is 12.6. The fourth-order valence-corrected chi connectivity index (χ4v) is 6.91. The molecule has 2 aliphatic heterocycles. The van der Waals surface area contributed by atoms with Gasteiger partial charge >= 0.3 is 17.8 Å². The molecule has 2 amide bonds. The minimum Gasteiger partial charge on any atom is -0.475 e. The van der Waals surface area contributed by atoms with Gasteiger partial charge in [0.25, 0.3) is 0 Å². The molecule has 110 valence electrons. The number of carbonyl (C=O) groups is 4. The van der Waals surface area contributed by atoms with Gasteiger partial charge in [-0.2, -0.15) is 0 Å². The second-order valence-electron chi connectivity index (χ2n) is 4.71. The average molecular weight is 336 g/mol. The Bertz CT molecular complexity index is 600. The number of rotatable bonds is 5. The number of amides is 2. The van der Waals surface area contributed by atoms with E-state index in [1.165, 1.54) is 0 Å². The molecule has 2 fully saturated rings. The first-order valence-electron chi connectivity index (χ1n) is 5.81. The molecule has 0 radical (unpaired) electrons. The van der Waals surface area contributed by atoms with Crippen molar-refractivity contribution in [1.82, 2.24) is 10.6 Å². The smallest absolute Gasteiger partial charge is 0.380 e. The summed E-state index contributed by atoms with van der Waals surface area (Å²) in [6, 6.07) is -0.666. The van der Waals surface area contributed by atoms with Crippen LogP contribution >= 0.6 is 0 Å². The molecule has 0 aromatic rings. The maximum Gasteiger partial charge on any atom is 0.380 e. The van der Waals surface area contributed by atoms with Crippen molar-refractivity contribution in [3.05, 3.63) is 0 Å². The molecule has 7 nitrogen and oxygen atoms in total. The predicted molar refractivity (Wildman–Crippen MR) is 76.9 cm³/mol. The Morgan fingerprint density at radius 3 is 2.55 bits per heavy atom. The van der Waals surface area contributed by atoms with Gasteiger partial charge < -0.3 is 15.7 Å². The van der Waals surface area contributed by atoms with Crippen LogP contribution in [0.5, 0.6) is 0 Å². The van der Waals surface area contributed by atoms with Crippen molar-refractivity contribution in [2.45, 2.75) is 30.2 Å². The summed E-state index contributed by atoms with van der Waals surface area (Å²) in [7, 11) is -1.83. The minimum absolute atomic E-state index is 0.136. The number of nitrogens with one attached hydrogen (secondary N) is 2. The molecule has 0 aromatic heterocycles. The van der Waals surface area contributed by atoms with Gasteiger partial charge in [-0.25, -0.2) is 9.59 Å². The molecule has 2 aliphatic rings. The second kappa shape index (κ2) is 5.34. The summed E-state index contributed by atoms with van der Waals surface area (Å²) >= 11 is 10.8. The Hall–Kier alpha value is -1.13. The van der Waals surface area contributed by atoms with Crippen LogP contribution in [0, 0.1) is 0 Å². The van der Waals surface area contributed by atoms with E-state index < -0.39 is 24.7 Å². The molecule has 0 unspecified atom stereocenters. The molecule has 2 heterocycles. The summed E-state index contributed by atoms with van der Waals surface area (Å²) in [5, 5.41) is 13.7. The normalized spacial score (nSPS) is 30.2. The van der Waals surface area contributed by atoms with Crippen molar-refractivity contribution in [3.63, 3.8) is 0 Å². The van der Waals surface area contributed by atoms with Gasteiger partial charge in [0.1, 0.15) is 0 Å². The monoisotopic (exact) mass is 336 g/mol. The summed E-state index contributed by atoms with van der Waals surface area (Å²) in [5.41, 5.74) is 0. The fraction of sp³-hybridized carbons (Fsp3) is 0.600. The van der Waals surface area contributed by atoms with Gasteiger partial charge in [0.05, 0.1) is 12.1 Å². The molecule has 0 bridgehead atoms. The van der Waals surface area contributed by atoms with Crippen molar-refractivity contribution in [3.8, 4) is 0 Å². The highest BCUT2D eigenvalue weighted by Gasteiger charge is 2.47. The summed E-state index contributed by atoms with van der Waals surface area (Å²) in [5.74, 6) is -3.64. The molecule has 0 spiro atoms. The Morgan fingerprint density at radius 2 is 1.95 bits per heavy atom. The molecule has 0 aliphatic carbocycles. The van der Waals surface area contributed by atoms with E-state index in [2.05, 4.69) is 10.6 Å². The van der Waals surface area contributed by atoms with Crippen LogP contribution in [0.3, 0.4) is 0 Å². The highest BCUT2D eigenvalue weighted by atomic mass is 33.1. The Balaban J connectivity index is 2.04. The number of aliphatic carboxylic acids is 1. The van der Waals surface area contributed by atoms with Crippen LogP contribution < -0.4 is 10.6 Å². The van der Waals surface area contributed by atoms with Gasteiger partial charge in [0.2, 0.25) is 5.78 Å². The maximum atomic E-state index is 11.4. The Morgan fingerprint density at radius 1 is 1.30 bits per heavy atom. The molecule has 0 aromatic carbocycles. The van der Waals surface area contributed by atoms with Crippen LogP contribution in [0.2, 0.25) is 0 Å². The molecular formula is C10H12N2O5S3. The number of carboxylic acid groups (broad SMARTS) is 1. The van der Waals surface area contributed by atoms with Crippen LogP contribution in [0.4, 0.5) is 4.79 Å². The van der Waals surface area contributed by atoms with E-state index in [1.807, 2.05) is 0 Å². The third-order valence-electron chi connectivity index (χ3n) is 3.42. The van der Waals surface area contributed by atoms with Crippen molar-refractivity contribution < 1.29 is 24.3 Å². The SMILES string of the molecule is O=C1N[C@H]2[C@H](CS(=S)(=S)[C@H]2CCC(=O)C(=O)C(=O)O)N1. The van der Waals surface area contributed by atoms with E-state index in [-0.39, 0.29) is 36.2 Å². The second-order valence-corrected chi connectivity index (χ2v) is 11.2. The van der Waals surface area contributed by atoms with Gasteiger partial charge in [-0.05, 0) is 28.8 Å². The highest BCUT2D eigenvalue weighted by Crippen LogP contribution is 2.28. The molecule has 10 heteroatoms. The van der Waals surface area contributed by atoms with Crippen molar-refractivity contribution in [2.24, 2.45) is 0 Å². The number of Topliss-reactive ketones (excluding diaryl/α,β-unsaturated/α-hetero) is 2. The number of hydrogen-bond acceptors (Lipinski definition) is 6. The van der Waals surface area contributed by atoms with Gasteiger partial charge in [0.15, 0.2) is 0 Å². The molecule has 20 heavy (non-hydrogen) atoms. The lowest BCUT2D eigenvalue weighted by Gasteiger charge is -2.19. The topological polar surface area (TPSA) is 113 Å². The first kappa shape index (κ1) is 15.3. The quantitative estimate of drug-likeness (QED) is 0.318. The zero-order valence-electron chi connectivity index (χ0n) is 10.2. The predicted octanol–water partition coefficient (Wildman–Crippen LogP) is -1.50. The third kappa shape index (κ3) is 2.81. The fourth-order valence-electron chi connectivity index (χ4n) is 2.51. The molecule has 0 saturated carbocycles. The molecular weight excluding hydrogens is 324 g/mol. The Labute approximate surface area is 124 Å². The van der Waals surface area contributed by atoms with Crippen molar-refractivity contribution in [2.75, 3.05) is 5.75 Å². The van der Waals surface area contributed by atoms with E-state index in [0.29, 0.717) is 5.75 Å². The van der Waals surface area contributed by atoms with Crippen LogP contribution in [-0.4, -0.2) is 51.8 Å². The number of urea groups is 1. The molecule has 3 N–H and O–H groups in total. The summed E-state index contributed by atoms with van der Waals surface area (Å²) < 4.78 is 0. The standard InChI is InChI=1S/C10H12N2O5S3/c13-5(8(14)9(15)16)1-2-6-7-4(3-20(6,18)19)11-10(17)12-7/h4,6-7H,1-3H2,(H,15,16)(H2,11,12,17)/t4-,6-,7-/m0/s1. The average Bonchev–Trinajstić information content (AvgIpc) is 2.77. The minimum atomic E-state index is -1.83. The number of ketones is 2. The lowest BCUT2D eigenvalue weighted by atomic mass is 10.0. The van der Waals surface area contributed by atoms with Crippen molar-refractivity contribution in [1.29, 1.82) is 0 Å². The van der Waals surface area contributed by atoms with Gasteiger partial charge in [-0.15, -0.1) is 0 Å². The lowest BCUT2D eigenvalue weighted by Crippen LogP contribution is -2.39. The van der Waals surface area contributed by atoms with Crippen LogP contribution in [0.1, 0.15) is 12.8 Å². The van der Waals surface area contributed by atoms with E-state index in [9.17, 15) is 19.2 Å². The first-order chi connectivity index (χ1) is 9.22. The van der Waals surface area contributed by atoms with Gasteiger partial charge in [-0.3, -0.25) is 9.59 Å². The molecule has 2 saturated heterocycles. The highest BCUT2D eigenvalue weighted by molar-refractivity contribution is 8.56. The molecule has 3 atom stereocenters. The number of hydrogen-bond donors (Lipinski definition) is 3. The van der Waals surface area contributed by atoms with Gasteiger partial charge in [0, 0.05) is 17.4 Å².